The predicted octanol–water partition coefficient (Wildman–Crippen LogP) is 3.28. The van der Waals surface area contributed by atoms with Crippen LogP contribution in [0.2, 0.25) is 0 Å². The Hall–Kier alpha value is -3.00. The van der Waals surface area contributed by atoms with Gasteiger partial charge < -0.3 is 4.52 Å². The van der Waals surface area contributed by atoms with Crippen LogP contribution in [-0.4, -0.2) is 24.9 Å². The summed E-state index contributed by atoms with van der Waals surface area (Å²) in [6.07, 6.45) is 3.79. The highest BCUT2D eigenvalue weighted by Gasteiger charge is 2.29. The summed E-state index contributed by atoms with van der Waals surface area (Å²) in [5.74, 6) is 1.83. The van der Waals surface area contributed by atoms with Gasteiger partial charge in [0.05, 0.1) is 6.54 Å². The van der Waals surface area contributed by atoms with E-state index < -0.39 is 0 Å². The maximum atomic E-state index is 11.6. The second-order valence-corrected chi connectivity index (χ2v) is 7.54. The van der Waals surface area contributed by atoms with Crippen LogP contribution in [0.25, 0.3) is 21.8 Å². The average Bonchev–Trinajstić information content (AvgIpc) is 3.06. The number of benzene rings is 1. The molecule has 3 heterocycles. The van der Waals surface area contributed by atoms with Crippen LogP contribution < -0.4 is 5.69 Å². The highest BCUT2D eigenvalue weighted by molar-refractivity contribution is 7.15. The molecule has 1 aliphatic rings. The first kappa shape index (κ1) is 15.3. The monoisotopic (exact) mass is 365 g/mol. The first-order valence-corrected chi connectivity index (χ1v) is 9.21. The molecule has 5 rings (SSSR count). The molecular weight excluding hydrogens is 350 g/mol. The molecule has 0 atom stereocenters. The Labute approximate surface area is 152 Å². The lowest BCUT2D eigenvalue weighted by Crippen LogP contribution is -2.16. The van der Waals surface area contributed by atoms with Crippen molar-refractivity contribution in [1.82, 2.24) is 24.9 Å². The highest BCUT2D eigenvalue weighted by Crippen LogP contribution is 2.39. The van der Waals surface area contributed by atoms with Crippen molar-refractivity contribution in [2.75, 3.05) is 0 Å². The Balaban J connectivity index is 1.41. The number of aromatic amines is 1. The van der Waals surface area contributed by atoms with Crippen molar-refractivity contribution in [3.05, 3.63) is 64.0 Å². The summed E-state index contributed by atoms with van der Waals surface area (Å²) in [6, 6.07) is 12.2. The Kier molecular flexibility index (Phi) is 3.56. The van der Waals surface area contributed by atoms with Crippen LogP contribution in [0.15, 0.2) is 52.0 Å². The standard InChI is InChI=1S/C18H15N5O2S/c24-18-21-19-10-23(18)9-14-6-7-15(26-14)12-2-1-3-13(8-12)16-20-17(25-22-16)11-4-5-11/h1-3,6-8,10-11H,4-5,9H2,(H,21,24). The number of nitrogens with one attached hydrogen (secondary N) is 1. The molecule has 0 aliphatic heterocycles. The van der Waals surface area contributed by atoms with Crippen molar-refractivity contribution in [3.8, 4) is 21.8 Å². The van der Waals surface area contributed by atoms with E-state index in [0.29, 0.717) is 18.3 Å². The van der Waals surface area contributed by atoms with E-state index in [9.17, 15) is 4.79 Å². The van der Waals surface area contributed by atoms with Gasteiger partial charge in [-0.2, -0.15) is 10.1 Å². The fourth-order valence-electron chi connectivity index (χ4n) is 2.83. The Bertz CT molecular complexity index is 1120. The summed E-state index contributed by atoms with van der Waals surface area (Å²) in [6.45, 7) is 0.509. The molecule has 130 valence electrons. The van der Waals surface area contributed by atoms with Crippen molar-refractivity contribution in [2.24, 2.45) is 0 Å². The third kappa shape index (κ3) is 2.88. The Morgan fingerprint density at radius 3 is 2.92 bits per heavy atom. The number of aromatic nitrogens is 5. The number of nitrogens with zero attached hydrogens (tertiary/aromatic N) is 4. The third-order valence-corrected chi connectivity index (χ3v) is 5.50. The zero-order valence-electron chi connectivity index (χ0n) is 13.8. The molecule has 1 aromatic carbocycles. The predicted molar refractivity (Wildman–Crippen MR) is 97.0 cm³/mol. The largest absolute Gasteiger partial charge is 0.343 e. The first-order chi connectivity index (χ1) is 12.8. The van der Waals surface area contributed by atoms with Crippen LogP contribution in [0.1, 0.15) is 29.5 Å². The molecule has 0 saturated heterocycles. The van der Waals surface area contributed by atoms with Crippen LogP contribution in [0.3, 0.4) is 0 Å². The molecule has 26 heavy (non-hydrogen) atoms. The fourth-order valence-corrected chi connectivity index (χ4v) is 3.83. The summed E-state index contributed by atoms with van der Waals surface area (Å²) in [4.78, 5) is 18.3. The molecule has 1 aliphatic carbocycles. The molecule has 0 unspecified atom stereocenters. The van der Waals surface area contributed by atoms with Gasteiger partial charge in [0.25, 0.3) is 0 Å². The van der Waals surface area contributed by atoms with Crippen molar-refractivity contribution >= 4 is 11.3 Å². The minimum absolute atomic E-state index is 0.203. The van der Waals surface area contributed by atoms with Gasteiger partial charge in [0.2, 0.25) is 11.7 Å². The van der Waals surface area contributed by atoms with Gasteiger partial charge in [0, 0.05) is 21.2 Å². The first-order valence-electron chi connectivity index (χ1n) is 8.39. The van der Waals surface area contributed by atoms with Crippen molar-refractivity contribution in [2.45, 2.75) is 25.3 Å². The molecule has 1 N–H and O–H groups in total. The van der Waals surface area contributed by atoms with E-state index in [1.54, 1.807) is 15.9 Å². The topological polar surface area (TPSA) is 89.6 Å². The summed E-state index contributed by atoms with van der Waals surface area (Å²) in [7, 11) is 0. The van der Waals surface area contributed by atoms with Crippen molar-refractivity contribution in [1.29, 1.82) is 0 Å². The van der Waals surface area contributed by atoms with E-state index in [-0.39, 0.29) is 5.69 Å². The number of rotatable bonds is 5. The van der Waals surface area contributed by atoms with Gasteiger partial charge in [0.1, 0.15) is 6.33 Å². The highest BCUT2D eigenvalue weighted by atomic mass is 32.1. The SMILES string of the molecule is O=c1[nH]ncn1Cc1ccc(-c2cccc(-c3noc(C4CC4)n3)c2)s1. The second-order valence-electron chi connectivity index (χ2n) is 6.37. The molecule has 4 aromatic rings. The van der Waals surface area contributed by atoms with Gasteiger partial charge in [-0.1, -0.05) is 23.4 Å². The van der Waals surface area contributed by atoms with Crippen LogP contribution in [0.5, 0.6) is 0 Å². The van der Waals surface area contributed by atoms with E-state index in [0.717, 1.165) is 39.6 Å². The maximum absolute atomic E-state index is 11.6. The van der Waals surface area contributed by atoms with Gasteiger partial charge in [-0.15, -0.1) is 11.3 Å². The van der Waals surface area contributed by atoms with Crippen LogP contribution in [0.4, 0.5) is 0 Å². The third-order valence-electron chi connectivity index (χ3n) is 4.38. The molecule has 3 aromatic heterocycles. The molecule has 1 saturated carbocycles. The zero-order valence-corrected chi connectivity index (χ0v) is 14.6. The smallest absolute Gasteiger partial charge is 0.339 e. The molecule has 0 radical (unpaired) electrons. The van der Waals surface area contributed by atoms with E-state index in [1.165, 1.54) is 6.33 Å². The fraction of sp³-hybridized carbons (Fsp3) is 0.222. The maximum Gasteiger partial charge on any atom is 0.343 e. The lowest BCUT2D eigenvalue weighted by Gasteiger charge is -2.00. The van der Waals surface area contributed by atoms with Gasteiger partial charge in [-0.05, 0) is 36.6 Å². The van der Waals surface area contributed by atoms with Gasteiger partial charge in [0.15, 0.2) is 0 Å². The quantitative estimate of drug-likeness (QED) is 0.586. The molecule has 8 heteroatoms. The van der Waals surface area contributed by atoms with Crippen LogP contribution >= 0.6 is 11.3 Å². The zero-order chi connectivity index (χ0) is 17.5. The molecule has 0 spiro atoms. The number of H-pyrrole nitrogens is 1. The van der Waals surface area contributed by atoms with E-state index in [4.69, 9.17) is 4.52 Å². The van der Waals surface area contributed by atoms with E-state index >= 15 is 0 Å². The minimum Gasteiger partial charge on any atom is -0.339 e. The summed E-state index contributed by atoms with van der Waals surface area (Å²) < 4.78 is 6.91. The van der Waals surface area contributed by atoms with Crippen LogP contribution in [0, 0.1) is 0 Å². The number of hydrogen-bond acceptors (Lipinski definition) is 6. The van der Waals surface area contributed by atoms with Gasteiger partial charge >= 0.3 is 5.69 Å². The second kappa shape index (κ2) is 6.06. The average molecular weight is 365 g/mol. The summed E-state index contributed by atoms with van der Waals surface area (Å²) in [5.41, 5.74) is 1.83. The Morgan fingerprint density at radius 2 is 2.12 bits per heavy atom. The Morgan fingerprint density at radius 1 is 1.23 bits per heavy atom. The van der Waals surface area contributed by atoms with Crippen molar-refractivity contribution < 1.29 is 4.52 Å². The lowest BCUT2D eigenvalue weighted by atomic mass is 10.1. The normalized spacial score (nSPS) is 14.0. The molecule has 0 amide bonds. The van der Waals surface area contributed by atoms with E-state index in [2.05, 4.69) is 38.5 Å². The van der Waals surface area contributed by atoms with E-state index in [1.807, 2.05) is 18.2 Å². The number of thiophene rings is 1. The minimum atomic E-state index is -0.203. The van der Waals surface area contributed by atoms with Gasteiger partial charge in [-0.3, -0.25) is 4.57 Å². The molecule has 0 bridgehead atoms. The summed E-state index contributed by atoms with van der Waals surface area (Å²) in [5, 5.41) is 10.3. The van der Waals surface area contributed by atoms with Crippen LogP contribution in [-0.2, 0) is 6.54 Å². The summed E-state index contributed by atoms with van der Waals surface area (Å²) >= 11 is 1.65. The van der Waals surface area contributed by atoms with Crippen molar-refractivity contribution in [3.63, 3.8) is 0 Å². The lowest BCUT2D eigenvalue weighted by molar-refractivity contribution is 0.380. The molecule has 1 fully saturated rings. The van der Waals surface area contributed by atoms with Gasteiger partial charge in [-0.25, -0.2) is 9.89 Å². The number of hydrogen-bond donors (Lipinski definition) is 1. The molecule has 7 nitrogen and oxygen atoms in total. The molecular formula is C18H15N5O2S.